The Bertz CT molecular complexity index is 1210. The van der Waals surface area contributed by atoms with Crippen LogP contribution in [0.15, 0.2) is 72.9 Å². The Morgan fingerprint density at radius 3 is 1.37 bits per heavy atom. The van der Waals surface area contributed by atoms with Gasteiger partial charge in [-0.15, -0.1) is 0 Å². The highest BCUT2D eigenvalue weighted by atomic mass is 31.2. The van der Waals surface area contributed by atoms with Crippen molar-refractivity contribution in [2.24, 2.45) is 0 Å². The van der Waals surface area contributed by atoms with Crippen molar-refractivity contribution in [1.82, 2.24) is 0 Å². The van der Waals surface area contributed by atoms with Crippen molar-refractivity contribution in [1.29, 1.82) is 0 Å². The Labute approximate surface area is 358 Å². The SMILES string of the molecule is CCCCC/C=C\C/C=C\C/C=C\C/C=C\CCCC(=O)OC[C@H](COP(=O)(O)OC[C@@H](O)CO)OC(=O)CCCCCCCCCCC/C=C\C/C=C\CCCCC. The third kappa shape index (κ3) is 43.3. The molecule has 11 heteroatoms. The molecule has 1 unspecified atom stereocenters. The van der Waals surface area contributed by atoms with Gasteiger partial charge in [0.2, 0.25) is 0 Å². The molecule has 0 aliphatic heterocycles. The number of phosphoric ester groups is 1. The molecule has 3 atom stereocenters. The first-order valence-electron chi connectivity index (χ1n) is 22.9. The maximum Gasteiger partial charge on any atom is 0.472 e. The van der Waals surface area contributed by atoms with Crippen LogP contribution < -0.4 is 0 Å². The smallest absolute Gasteiger partial charge is 0.462 e. The maximum absolute atomic E-state index is 12.6. The molecule has 3 N–H and O–H groups in total. The molecule has 0 rings (SSSR count). The number of hydrogen-bond acceptors (Lipinski definition) is 9. The van der Waals surface area contributed by atoms with Gasteiger partial charge in [-0.05, 0) is 83.5 Å². The maximum atomic E-state index is 12.6. The van der Waals surface area contributed by atoms with Gasteiger partial charge in [-0.25, -0.2) is 4.57 Å². The zero-order chi connectivity index (χ0) is 43.3. The third-order valence-electron chi connectivity index (χ3n) is 9.33. The van der Waals surface area contributed by atoms with E-state index in [2.05, 4.69) is 85.2 Å². The molecule has 0 saturated heterocycles. The van der Waals surface area contributed by atoms with Gasteiger partial charge < -0.3 is 24.6 Å². The molecule has 59 heavy (non-hydrogen) atoms. The van der Waals surface area contributed by atoms with Crippen molar-refractivity contribution in [3.63, 3.8) is 0 Å². The van der Waals surface area contributed by atoms with E-state index in [1.54, 1.807) is 0 Å². The Hall–Kier alpha value is -2.59. The van der Waals surface area contributed by atoms with Crippen molar-refractivity contribution in [2.75, 3.05) is 26.4 Å². The highest BCUT2D eigenvalue weighted by molar-refractivity contribution is 7.47. The molecule has 0 aliphatic rings. The summed E-state index contributed by atoms with van der Waals surface area (Å²) in [5.74, 6) is -0.999. The molecule has 0 heterocycles. The predicted octanol–water partition coefficient (Wildman–Crippen LogP) is 12.4. The van der Waals surface area contributed by atoms with Crippen molar-refractivity contribution < 1.29 is 47.8 Å². The molecule has 0 spiro atoms. The molecule has 0 radical (unpaired) electrons. The van der Waals surface area contributed by atoms with E-state index in [0.29, 0.717) is 19.3 Å². The van der Waals surface area contributed by atoms with Crippen molar-refractivity contribution in [3.8, 4) is 0 Å². The average Bonchev–Trinajstić information content (AvgIpc) is 3.22. The first-order valence-corrected chi connectivity index (χ1v) is 24.4. The van der Waals surface area contributed by atoms with E-state index >= 15 is 0 Å². The third-order valence-corrected chi connectivity index (χ3v) is 10.3. The minimum atomic E-state index is -4.64. The Morgan fingerprint density at radius 1 is 0.508 bits per heavy atom. The van der Waals surface area contributed by atoms with Crippen LogP contribution >= 0.6 is 7.82 Å². The number of phosphoric acid groups is 1. The topological polar surface area (TPSA) is 149 Å². The van der Waals surface area contributed by atoms with E-state index in [1.165, 1.54) is 77.0 Å². The fourth-order valence-corrected chi connectivity index (χ4v) is 6.57. The second-order valence-electron chi connectivity index (χ2n) is 15.1. The summed E-state index contributed by atoms with van der Waals surface area (Å²) < 4.78 is 32.7. The largest absolute Gasteiger partial charge is 0.472 e. The van der Waals surface area contributed by atoms with E-state index in [0.717, 1.165) is 57.8 Å². The zero-order valence-electron chi connectivity index (χ0n) is 36.9. The fourth-order valence-electron chi connectivity index (χ4n) is 5.78. The standard InChI is InChI=1S/C48H83O10P/c1-3-5-7-9-11-13-15-17-19-21-22-24-26-28-30-32-34-36-38-40-48(52)58-46(44-57-59(53,54)56-42-45(50)41-49)43-55-47(51)39-37-35-33-31-29-27-25-23-20-18-16-14-12-10-8-6-4-2/h11-14,17-20,25,27,31,33,45-46,49-50H,3-10,15-16,21-24,26,28-30,32,34-44H2,1-2H3,(H,53,54)/b13-11-,14-12-,19-17-,20-18-,27-25-,33-31-/t45-,46+/m0/s1. The molecular weight excluding hydrogens is 767 g/mol. The van der Waals surface area contributed by atoms with Crippen LogP contribution in [0.25, 0.3) is 0 Å². The average molecular weight is 851 g/mol. The molecule has 0 saturated carbocycles. The summed E-state index contributed by atoms with van der Waals surface area (Å²) in [5, 5.41) is 18.4. The number of hydrogen-bond donors (Lipinski definition) is 3. The summed E-state index contributed by atoms with van der Waals surface area (Å²) in [6, 6.07) is 0. The molecule has 0 aliphatic carbocycles. The van der Waals surface area contributed by atoms with Crippen LogP contribution in [0.2, 0.25) is 0 Å². The summed E-state index contributed by atoms with van der Waals surface area (Å²) in [6.45, 7) is 2.26. The molecule has 0 aromatic carbocycles. The Morgan fingerprint density at radius 2 is 0.898 bits per heavy atom. The number of aliphatic hydroxyl groups is 2. The summed E-state index contributed by atoms with van der Waals surface area (Å²) in [5.41, 5.74) is 0. The second kappa shape index (κ2) is 43.5. The molecule has 0 aromatic rings. The summed E-state index contributed by atoms with van der Waals surface area (Å²) >= 11 is 0. The number of rotatable bonds is 42. The van der Waals surface area contributed by atoms with Crippen molar-refractivity contribution >= 4 is 19.8 Å². The lowest BCUT2D eigenvalue weighted by molar-refractivity contribution is -0.161. The summed E-state index contributed by atoms with van der Waals surface area (Å²) in [6.07, 6.45) is 50.1. The zero-order valence-corrected chi connectivity index (χ0v) is 37.8. The number of carbonyl (C=O) groups excluding carboxylic acids is 2. The quantitative estimate of drug-likeness (QED) is 0.0234. The molecule has 10 nitrogen and oxygen atoms in total. The van der Waals surface area contributed by atoms with E-state index in [-0.39, 0.29) is 19.4 Å². The van der Waals surface area contributed by atoms with Gasteiger partial charge in [0, 0.05) is 12.8 Å². The molecule has 0 fully saturated rings. The highest BCUT2D eigenvalue weighted by Gasteiger charge is 2.27. The van der Waals surface area contributed by atoms with Crippen LogP contribution in [0.4, 0.5) is 0 Å². The molecule has 0 bridgehead atoms. The molecule has 0 aromatic heterocycles. The van der Waals surface area contributed by atoms with Gasteiger partial charge in [0.1, 0.15) is 12.7 Å². The van der Waals surface area contributed by atoms with Gasteiger partial charge >= 0.3 is 19.8 Å². The molecule has 0 amide bonds. The van der Waals surface area contributed by atoms with E-state index in [4.69, 9.17) is 19.1 Å². The highest BCUT2D eigenvalue weighted by Crippen LogP contribution is 2.43. The first-order chi connectivity index (χ1) is 28.7. The lowest BCUT2D eigenvalue weighted by Crippen LogP contribution is -2.29. The Balaban J connectivity index is 4.36. The number of allylic oxidation sites excluding steroid dienone is 12. The van der Waals surface area contributed by atoms with E-state index in [9.17, 15) is 24.2 Å². The monoisotopic (exact) mass is 851 g/mol. The number of esters is 2. The van der Waals surface area contributed by atoms with E-state index < -0.39 is 51.8 Å². The van der Waals surface area contributed by atoms with Gasteiger partial charge in [0.15, 0.2) is 6.10 Å². The lowest BCUT2D eigenvalue weighted by atomic mass is 10.1. The number of ether oxygens (including phenoxy) is 2. The fraction of sp³-hybridized carbons (Fsp3) is 0.708. The summed E-state index contributed by atoms with van der Waals surface area (Å²) in [4.78, 5) is 35.0. The molecule has 340 valence electrons. The van der Waals surface area contributed by atoms with Crippen molar-refractivity contribution in [3.05, 3.63) is 72.9 Å². The minimum absolute atomic E-state index is 0.162. The summed E-state index contributed by atoms with van der Waals surface area (Å²) in [7, 11) is -4.64. The number of carbonyl (C=O) groups is 2. The number of unbranched alkanes of at least 4 members (excludes halogenated alkanes) is 16. The Kier molecular flexibility index (Phi) is 41.6. The molecular formula is C48H83O10P. The van der Waals surface area contributed by atoms with Crippen LogP contribution in [0, 0.1) is 0 Å². The van der Waals surface area contributed by atoms with Crippen LogP contribution in [0.1, 0.15) is 181 Å². The van der Waals surface area contributed by atoms with Gasteiger partial charge in [0.05, 0.1) is 19.8 Å². The minimum Gasteiger partial charge on any atom is -0.462 e. The van der Waals surface area contributed by atoms with E-state index in [1.807, 2.05) is 6.08 Å². The van der Waals surface area contributed by atoms with Crippen LogP contribution in [0.5, 0.6) is 0 Å². The van der Waals surface area contributed by atoms with Gasteiger partial charge in [-0.2, -0.15) is 0 Å². The van der Waals surface area contributed by atoms with Crippen LogP contribution in [-0.2, 0) is 32.7 Å². The normalized spacial score (nSPS) is 14.5. The lowest BCUT2D eigenvalue weighted by Gasteiger charge is -2.20. The number of aliphatic hydroxyl groups excluding tert-OH is 2. The second-order valence-corrected chi connectivity index (χ2v) is 16.5. The van der Waals surface area contributed by atoms with Gasteiger partial charge in [-0.1, -0.05) is 157 Å². The van der Waals surface area contributed by atoms with Gasteiger partial charge in [0.25, 0.3) is 0 Å². The van der Waals surface area contributed by atoms with Crippen LogP contribution in [-0.4, -0.2) is 65.7 Å². The predicted molar refractivity (Wildman–Crippen MR) is 242 cm³/mol. The van der Waals surface area contributed by atoms with Crippen LogP contribution in [0.3, 0.4) is 0 Å². The van der Waals surface area contributed by atoms with Crippen molar-refractivity contribution in [2.45, 2.75) is 193 Å². The van der Waals surface area contributed by atoms with Gasteiger partial charge in [-0.3, -0.25) is 18.6 Å². The first kappa shape index (κ1) is 56.4.